The Kier molecular flexibility index (Phi) is 7.22. The SMILES string of the molecule is C=CC(=O)NCC(=N)c1c(N2CC(N(C)C)C2)ccnc1Nc1ccc(OC(F)(F)F)cc1. The molecule has 1 aliphatic heterocycles. The number of aromatic nitrogens is 1. The number of anilines is 3. The molecule has 0 bridgehead atoms. The van der Waals surface area contributed by atoms with Crippen molar-refractivity contribution in [2.45, 2.75) is 12.4 Å². The molecule has 1 amide bonds. The van der Waals surface area contributed by atoms with Crippen molar-refractivity contribution in [3.63, 3.8) is 0 Å². The minimum Gasteiger partial charge on any atom is -0.406 e. The van der Waals surface area contributed by atoms with Crippen LogP contribution in [0.5, 0.6) is 5.75 Å². The predicted molar refractivity (Wildman–Crippen MR) is 120 cm³/mol. The Morgan fingerprint density at radius 1 is 1.30 bits per heavy atom. The van der Waals surface area contributed by atoms with E-state index in [1.807, 2.05) is 14.1 Å². The fourth-order valence-corrected chi connectivity index (χ4v) is 3.30. The number of ether oxygens (including phenoxy) is 1. The number of carbonyl (C=O) groups excluding carboxylic acids is 1. The third-order valence-corrected chi connectivity index (χ3v) is 5.14. The van der Waals surface area contributed by atoms with E-state index in [1.165, 1.54) is 24.3 Å². The molecule has 0 atom stereocenters. The number of hydrogen-bond donors (Lipinski definition) is 3. The number of rotatable bonds is 9. The zero-order valence-corrected chi connectivity index (χ0v) is 18.2. The Labute approximate surface area is 189 Å². The Hall–Kier alpha value is -3.60. The van der Waals surface area contributed by atoms with Gasteiger partial charge < -0.3 is 30.6 Å². The minimum atomic E-state index is -4.77. The molecule has 0 radical (unpaired) electrons. The number of hydrogen-bond acceptors (Lipinski definition) is 7. The first-order chi connectivity index (χ1) is 15.6. The molecule has 1 aromatic heterocycles. The van der Waals surface area contributed by atoms with Crippen LogP contribution in [0, 0.1) is 5.41 Å². The van der Waals surface area contributed by atoms with E-state index < -0.39 is 12.3 Å². The first kappa shape index (κ1) is 24.1. The van der Waals surface area contributed by atoms with E-state index in [1.54, 1.807) is 12.3 Å². The van der Waals surface area contributed by atoms with Gasteiger partial charge in [-0.05, 0) is 50.5 Å². The van der Waals surface area contributed by atoms with Gasteiger partial charge in [0.25, 0.3) is 0 Å². The van der Waals surface area contributed by atoms with Crippen molar-refractivity contribution >= 4 is 28.8 Å². The van der Waals surface area contributed by atoms with Crippen LogP contribution in [0.4, 0.5) is 30.4 Å². The lowest BCUT2D eigenvalue weighted by Gasteiger charge is -2.45. The topological polar surface area (TPSA) is 93.6 Å². The van der Waals surface area contributed by atoms with Gasteiger partial charge in [-0.15, -0.1) is 13.2 Å². The van der Waals surface area contributed by atoms with Gasteiger partial charge in [0.05, 0.1) is 23.5 Å². The zero-order chi connectivity index (χ0) is 24.2. The lowest BCUT2D eigenvalue weighted by molar-refractivity contribution is -0.274. The monoisotopic (exact) mass is 462 g/mol. The van der Waals surface area contributed by atoms with Crippen LogP contribution in [0.1, 0.15) is 5.56 Å². The van der Waals surface area contributed by atoms with Crippen molar-refractivity contribution in [3.05, 3.63) is 54.7 Å². The van der Waals surface area contributed by atoms with E-state index in [0.717, 1.165) is 24.9 Å². The molecule has 3 rings (SSSR count). The highest BCUT2D eigenvalue weighted by Gasteiger charge is 2.32. The fourth-order valence-electron chi connectivity index (χ4n) is 3.30. The second-order valence-electron chi connectivity index (χ2n) is 7.67. The Balaban J connectivity index is 1.87. The molecule has 33 heavy (non-hydrogen) atoms. The number of carbonyl (C=O) groups is 1. The van der Waals surface area contributed by atoms with Gasteiger partial charge in [-0.3, -0.25) is 4.79 Å². The molecule has 1 aliphatic rings. The number of alkyl halides is 3. The summed E-state index contributed by atoms with van der Waals surface area (Å²) in [4.78, 5) is 20.2. The summed E-state index contributed by atoms with van der Waals surface area (Å²) < 4.78 is 41.1. The van der Waals surface area contributed by atoms with E-state index in [2.05, 4.69) is 36.7 Å². The summed E-state index contributed by atoms with van der Waals surface area (Å²) in [5.41, 5.74) is 1.87. The molecule has 176 valence electrons. The van der Waals surface area contributed by atoms with Gasteiger partial charge in [0, 0.05) is 31.0 Å². The fraction of sp³-hybridized carbons (Fsp3) is 0.318. The van der Waals surface area contributed by atoms with E-state index >= 15 is 0 Å². The minimum absolute atomic E-state index is 0.0401. The first-order valence-electron chi connectivity index (χ1n) is 10.1. The summed E-state index contributed by atoms with van der Waals surface area (Å²) in [6, 6.07) is 7.40. The molecule has 1 aromatic carbocycles. The summed E-state index contributed by atoms with van der Waals surface area (Å²) in [6.45, 7) is 4.89. The molecule has 1 saturated heterocycles. The Bertz CT molecular complexity index is 1020. The number of benzene rings is 1. The maximum Gasteiger partial charge on any atom is 0.573 e. The Morgan fingerprint density at radius 2 is 1.97 bits per heavy atom. The third kappa shape index (κ3) is 6.22. The number of likely N-dealkylation sites (N-methyl/N-ethyl adjacent to an activating group) is 1. The van der Waals surface area contributed by atoms with Crippen molar-refractivity contribution in [3.8, 4) is 5.75 Å². The third-order valence-electron chi connectivity index (χ3n) is 5.14. The molecular formula is C22H25F3N6O2. The highest BCUT2D eigenvalue weighted by molar-refractivity contribution is 6.10. The van der Waals surface area contributed by atoms with Crippen molar-refractivity contribution in [1.82, 2.24) is 15.2 Å². The molecule has 0 spiro atoms. The van der Waals surface area contributed by atoms with Crippen LogP contribution in [0.2, 0.25) is 0 Å². The van der Waals surface area contributed by atoms with Gasteiger partial charge in [-0.1, -0.05) is 6.58 Å². The lowest BCUT2D eigenvalue weighted by atomic mass is 10.0. The van der Waals surface area contributed by atoms with Crippen molar-refractivity contribution in [1.29, 1.82) is 5.41 Å². The number of amides is 1. The normalized spacial score (nSPS) is 13.9. The maximum absolute atomic E-state index is 12.4. The molecule has 3 N–H and O–H groups in total. The first-order valence-corrected chi connectivity index (χ1v) is 10.1. The Morgan fingerprint density at radius 3 is 2.55 bits per heavy atom. The summed E-state index contributed by atoms with van der Waals surface area (Å²) in [6.07, 6.45) is -2.05. The standard InChI is InChI=1S/C22H25F3N6O2/c1-4-19(32)28-11-17(26)20-18(31-12-15(13-31)30(2)3)9-10-27-21(20)29-14-5-7-16(8-6-14)33-22(23,24)25/h4-10,15,26H,1,11-13H2,2-3H3,(H,27,29)(H,28,32). The quantitative estimate of drug-likeness (QED) is 0.392. The molecule has 2 aromatic rings. The number of nitrogens with zero attached hydrogens (tertiary/aromatic N) is 3. The largest absolute Gasteiger partial charge is 0.573 e. The smallest absolute Gasteiger partial charge is 0.406 e. The van der Waals surface area contributed by atoms with Crippen LogP contribution in [-0.4, -0.2) is 67.6 Å². The molecule has 11 heteroatoms. The second-order valence-corrected chi connectivity index (χ2v) is 7.67. The second kappa shape index (κ2) is 9.90. The number of halogens is 3. The van der Waals surface area contributed by atoms with Crippen LogP contribution in [0.15, 0.2) is 49.2 Å². The van der Waals surface area contributed by atoms with Crippen LogP contribution < -0.4 is 20.3 Å². The van der Waals surface area contributed by atoms with Gasteiger partial charge in [0.15, 0.2) is 0 Å². The molecule has 1 fully saturated rings. The van der Waals surface area contributed by atoms with Crippen LogP contribution >= 0.6 is 0 Å². The zero-order valence-electron chi connectivity index (χ0n) is 18.2. The molecule has 8 nitrogen and oxygen atoms in total. The summed E-state index contributed by atoms with van der Waals surface area (Å²) in [5, 5.41) is 14.3. The lowest BCUT2D eigenvalue weighted by Crippen LogP contribution is -2.57. The van der Waals surface area contributed by atoms with E-state index in [-0.39, 0.29) is 18.0 Å². The van der Waals surface area contributed by atoms with Crippen molar-refractivity contribution < 1.29 is 22.7 Å². The van der Waals surface area contributed by atoms with E-state index in [9.17, 15) is 18.0 Å². The highest BCUT2D eigenvalue weighted by atomic mass is 19.4. The van der Waals surface area contributed by atoms with Gasteiger partial charge >= 0.3 is 6.36 Å². The summed E-state index contributed by atoms with van der Waals surface area (Å²) in [5.74, 6) is -0.398. The number of pyridine rings is 1. The van der Waals surface area contributed by atoms with E-state index in [4.69, 9.17) is 5.41 Å². The number of nitrogens with one attached hydrogen (secondary N) is 3. The van der Waals surface area contributed by atoms with Crippen LogP contribution in [0.25, 0.3) is 0 Å². The molecule has 2 heterocycles. The van der Waals surface area contributed by atoms with Crippen molar-refractivity contribution in [2.24, 2.45) is 0 Å². The van der Waals surface area contributed by atoms with Gasteiger partial charge in [-0.25, -0.2) is 4.98 Å². The van der Waals surface area contributed by atoms with Gasteiger partial charge in [0.1, 0.15) is 11.6 Å². The summed E-state index contributed by atoms with van der Waals surface area (Å²) >= 11 is 0. The predicted octanol–water partition coefficient (Wildman–Crippen LogP) is 3.14. The molecule has 0 unspecified atom stereocenters. The van der Waals surface area contributed by atoms with Gasteiger partial charge in [0.2, 0.25) is 5.91 Å². The molecule has 0 aliphatic carbocycles. The van der Waals surface area contributed by atoms with Gasteiger partial charge in [-0.2, -0.15) is 0 Å². The van der Waals surface area contributed by atoms with E-state index in [0.29, 0.717) is 23.1 Å². The summed E-state index contributed by atoms with van der Waals surface area (Å²) in [7, 11) is 4.00. The van der Waals surface area contributed by atoms with Crippen LogP contribution in [0.3, 0.4) is 0 Å². The average Bonchev–Trinajstić information content (AvgIpc) is 2.71. The highest BCUT2D eigenvalue weighted by Crippen LogP contribution is 2.32. The average molecular weight is 462 g/mol. The van der Waals surface area contributed by atoms with Crippen LogP contribution in [-0.2, 0) is 4.79 Å². The molecular weight excluding hydrogens is 437 g/mol. The maximum atomic E-state index is 12.4. The molecule has 0 saturated carbocycles. The van der Waals surface area contributed by atoms with Crippen molar-refractivity contribution in [2.75, 3.05) is 43.9 Å².